The maximum absolute atomic E-state index is 12.2. The summed E-state index contributed by atoms with van der Waals surface area (Å²) in [6.07, 6.45) is 2.30. The van der Waals surface area contributed by atoms with E-state index in [-0.39, 0.29) is 11.4 Å². The second kappa shape index (κ2) is 7.92. The minimum absolute atomic E-state index is 0.0252. The van der Waals surface area contributed by atoms with E-state index >= 15 is 0 Å². The summed E-state index contributed by atoms with van der Waals surface area (Å²) in [5.74, 6) is -0.633. The fraction of sp³-hybridized carbons (Fsp3) is 0.294. The molecule has 7 heteroatoms. The van der Waals surface area contributed by atoms with Crippen molar-refractivity contribution in [1.29, 1.82) is 5.26 Å². The molecule has 0 saturated carbocycles. The molecule has 1 fully saturated rings. The van der Waals surface area contributed by atoms with Crippen LogP contribution >= 0.6 is 0 Å². The van der Waals surface area contributed by atoms with Crippen LogP contribution in [0.4, 0.5) is 5.69 Å². The predicted molar refractivity (Wildman–Crippen MR) is 88.0 cm³/mol. The molecule has 124 valence electrons. The molecule has 0 spiro atoms. The average molecular weight is 326 g/mol. The summed E-state index contributed by atoms with van der Waals surface area (Å²) < 4.78 is 0. The van der Waals surface area contributed by atoms with Gasteiger partial charge in [0.05, 0.1) is 0 Å². The molecule has 0 radical (unpaired) electrons. The van der Waals surface area contributed by atoms with Crippen molar-refractivity contribution in [2.45, 2.75) is 6.92 Å². The van der Waals surface area contributed by atoms with Crippen LogP contribution in [0.15, 0.2) is 36.0 Å². The van der Waals surface area contributed by atoms with E-state index in [2.05, 4.69) is 5.32 Å². The van der Waals surface area contributed by atoms with E-state index in [9.17, 15) is 19.6 Å². The van der Waals surface area contributed by atoms with Gasteiger partial charge in [-0.15, -0.1) is 0 Å². The van der Waals surface area contributed by atoms with Gasteiger partial charge >= 0.3 is 0 Å². The summed E-state index contributed by atoms with van der Waals surface area (Å²) in [6.45, 7) is 3.69. The molecular weight excluding hydrogens is 308 g/mol. The van der Waals surface area contributed by atoms with Crippen molar-refractivity contribution in [3.63, 3.8) is 0 Å². The molecule has 0 bridgehead atoms. The zero-order valence-corrected chi connectivity index (χ0v) is 13.4. The zero-order chi connectivity index (χ0) is 17.5. The monoisotopic (exact) mass is 326 g/mol. The Bertz CT molecular complexity index is 713. The van der Waals surface area contributed by atoms with Gasteiger partial charge in [-0.25, -0.2) is 0 Å². The number of Topliss-reactive ketones (excluding diaryl/α,β-unsaturated/α-hetero) is 1. The number of ketones is 1. The molecule has 2 amide bonds. The highest BCUT2D eigenvalue weighted by Gasteiger charge is 2.16. The molecule has 2 rings (SSSR count). The van der Waals surface area contributed by atoms with Crippen molar-refractivity contribution in [2.24, 2.45) is 0 Å². The second-order valence-electron chi connectivity index (χ2n) is 5.42. The molecule has 1 aromatic rings. The minimum Gasteiger partial charge on any atom is -0.373 e. The van der Waals surface area contributed by atoms with Gasteiger partial charge in [-0.3, -0.25) is 14.4 Å². The first kappa shape index (κ1) is 17.2. The van der Waals surface area contributed by atoms with Crippen molar-refractivity contribution >= 4 is 23.8 Å². The van der Waals surface area contributed by atoms with Crippen molar-refractivity contribution in [2.75, 3.05) is 31.5 Å². The molecule has 1 aliphatic rings. The van der Waals surface area contributed by atoms with Crippen LogP contribution in [0.25, 0.3) is 0 Å². The molecule has 1 aliphatic heterocycles. The van der Waals surface area contributed by atoms with Gasteiger partial charge in [0.1, 0.15) is 11.6 Å². The maximum atomic E-state index is 12.2. The summed E-state index contributed by atoms with van der Waals surface area (Å²) in [5.41, 5.74) is 0.919. The zero-order valence-electron chi connectivity index (χ0n) is 13.4. The fourth-order valence-electron chi connectivity index (χ4n) is 2.31. The number of rotatable bonds is 5. The van der Waals surface area contributed by atoms with Gasteiger partial charge in [-0.2, -0.15) is 5.26 Å². The molecule has 24 heavy (non-hydrogen) atoms. The lowest BCUT2D eigenvalue weighted by Crippen LogP contribution is -2.43. The summed E-state index contributed by atoms with van der Waals surface area (Å²) in [6, 6.07) is 8.44. The van der Waals surface area contributed by atoms with Crippen LogP contribution in [0, 0.1) is 11.3 Å². The van der Waals surface area contributed by atoms with E-state index in [0.717, 1.165) is 6.41 Å². The van der Waals surface area contributed by atoms with Crippen molar-refractivity contribution in [3.05, 3.63) is 41.6 Å². The van der Waals surface area contributed by atoms with Crippen molar-refractivity contribution in [1.82, 2.24) is 9.80 Å². The van der Waals surface area contributed by atoms with Gasteiger partial charge in [-0.05, 0) is 19.1 Å². The summed E-state index contributed by atoms with van der Waals surface area (Å²) in [5, 5.41) is 11.8. The lowest BCUT2D eigenvalue weighted by Gasteiger charge is -2.31. The molecule has 0 aromatic heterocycles. The smallest absolute Gasteiger partial charge is 0.267 e. The number of anilines is 1. The number of nitrogens with zero attached hydrogens (tertiary/aromatic N) is 3. The first-order valence-electron chi connectivity index (χ1n) is 7.51. The quantitative estimate of drug-likeness (QED) is 0.377. The van der Waals surface area contributed by atoms with Crippen molar-refractivity contribution in [3.8, 4) is 6.07 Å². The van der Waals surface area contributed by atoms with E-state index in [1.54, 1.807) is 29.2 Å². The second-order valence-corrected chi connectivity index (χ2v) is 5.42. The Morgan fingerprint density at radius 2 is 1.88 bits per heavy atom. The first-order valence-corrected chi connectivity index (χ1v) is 7.51. The van der Waals surface area contributed by atoms with E-state index in [1.165, 1.54) is 13.1 Å². The lowest BCUT2D eigenvalue weighted by molar-refractivity contribution is -0.119. The molecular formula is C17H18N4O3. The summed E-state index contributed by atoms with van der Waals surface area (Å²) in [4.78, 5) is 37.8. The topological polar surface area (TPSA) is 93.5 Å². The molecule has 0 aliphatic carbocycles. The van der Waals surface area contributed by atoms with Gasteiger partial charge < -0.3 is 15.1 Å². The molecule has 7 nitrogen and oxygen atoms in total. The summed E-state index contributed by atoms with van der Waals surface area (Å²) >= 11 is 0. The number of carbonyl (C=O) groups is 3. The highest BCUT2D eigenvalue weighted by Crippen LogP contribution is 2.13. The number of hydrogen-bond acceptors (Lipinski definition) is 5. The molecule has 1 saturated heterocycles. The third-order valence-electron chi connectivity index (χ3n) is 3.70. The van der Waals surface area contributed by atoms with Crippen LogP contribution in [-0.4, -0.2) is 54.1 Å². The molecule has 1 N–H and O–H groups in total. The highest BCUT2D eigenvalue weighted by molar-refractivity contribution is 6.07. The van der Waals surface area contributed by atoms with Crippen LogP contribution in [0.5, 0.6) is 0 Å². The van der Waals surface area contributed by atoms with Gasteiger partial charge in [0.15, 0.2) is 5.78 Å². The van der Waals surface area contributed by atoms with Crippen LogP contribution < -0.4 is 5.32 Å². The minimum atomic E-state index is -0.531. The Balaban J connectivity index is 2.05. The number of hydrogen-bond donors (Lipinski definition) is 1. The number of nitrogens with one attached hydrogen (secondary N) is 1. The molecule has 0 atom stereocenters. The number of amides is 2. The molecule has 1 aromatic carbocycles. The SMILES string of the molecule is CC(=O)c1cccc(NC(=O)/C(C#N)=C\N2CCN(C=O)CC2)c1. The van der Waals surface area contributed by atoms with Gasteiger partial charge in [0, 0.05) is 43.6 Å². The van der Waals surface area contributed by atoms with Crippen molar-refractivity contribution < 1.29 is 14.4 Å². The Morgan fingerprint density at radius 3 is 2.46 bits per heavy atom. The first-order chi connectivity index (χ1) is 11.5. The Kier molecular flexibility index (Phi) is 5.68. The highest BCUT2D eigenvalue weighted by atomic mass is 16.2. The van der Waals surface area contributed by atoms with Crippen LogP contribution in [0.1, 0.15) is 17.3 Å². The number of carbonyl (C=O) groups excluding carboxylic acids is 3. The van der Waals surface area contributed by atoms with E-state index < -0.39 is 5.91 Å². The van der Waals surface area contributed by atoms with Crippen LogP contribution in [0.2, 0.25) is 0 Å². The standard InChI is InChI=1S/C17H18N4O3/c1-13(23)14-3-2-4-16(9-14)19-17(24)15(10-18)11-20-5-7-21(12-22)8-6-20/h2-4,9,11-12H,5-8H2,1H3,(H,19,24)/b15-11-. The van der Waals surface area contributed by atoms with Gasteiger partial charge in [0.2, 0.25) is 6.41 Å². The van der Waals surface area contributed by atoms with Gasteiger partial charge in [0.25, 0.3) is 5.91 Å². The Labute approximate surface area is 140 Å². The maximum Gasteiger partial charge on any atom is 0.267 e. The van der Waals surface area contributed by atoms with E-state index in [1.807, 2.05) is 11.0 Å². The summed E-state index contributed by atoms with van der Waals surface area (Å²) in [7, 11) is 0. The lowest BCUT2D eigenvalue weighted by atomic mass is 10.1. The third kappa shape index (κ3) is 4.43. The fourth-order valence-corrected chi connectivity index (χ4v) is 2.31. The third-order valence-corrected chi connectivity index (χ3v) is 3.70. The Morgan fingerprint density at radius 1 is 1.21 bits per heavy atom. The van der Waals surface area contributed by atoms with Crippen LogP contribution in [-0.2, 0) is 9.59 Å². The predicted octanol–water partition coefficient (Wildman–Crippen LogP) is 1.01. The Hall–Kier alpha value is -3.14. The normalized spacial score (nSPS) is 14.8. The molecule has 1 heterocycles. The molecule has 0 unspecified atom stereocenters. The average Bonchev–Trinajstić information content (AvgIpc) is 2.60. The number of nitriles is 1. The number of piperazine rings is 1. The van der Waals surface area contributed by atoms with E-state index in [4.69, 9.17) is 0 Å². The van der Waals surface area contributed by atoms with Gasteiger partial charge in [-0.1, -0.05) is 12.1 Å². The number of benzene rings is 1. The largest absolute Gasteiger partial charge is 0.373 e. The van der Waals surface area contributed by atoms with E-state index in [0.29, 0.717) is 37.4 Å². The van der Waals surface area contributed by atoms with Crippen LogP contribution in [0.3, 0.4) is 0 Å².